The molecule has 94 valence electrons. The van der Waals surface area contributed by atoms with Gasteiger partial charge in [-0.25, -0.2) is 9.13 Å². The van der Waals surface area contributed by atoms with Crippen molar-refractivity contribution in [2.24, 2.45) is 12.2 Å². The fourth-order valence-electron chi connectivity index (χ4n) is 1.83. The highest BCUT2D eigenvalue weighted by molar-refractivity contribution is 5.33. The number of nitroso groups, excluding NO2 is 1. The van der Waals surface area contributed by atoms with Gasteiger partial charge in [-0.1, -0.05) is 0 Å². The van der Waals surface area contributed by atoms with Crippen LogP contribution in [0.25, 0.3) is 0 Å². The molecule has 5 nitrogen and oxygen atoms in total. The lowest BCUT2D eigenvalue weighted by molar-refractivity contribution is -0.671. The number of hydrogen-bond donors (Lipinski definition) is 0. The van der Waals surface area contributed by atoms with E-state index in [9.17, 15) is 4.91 Å². The predicted octanol–water partition coefficient (Wildman–Crippen LogP) is 1.70. The first-order chi connectivity index (χ1) is 8.78. The monoisotopic (exact) mass is 245 g/mol. The van der Waals surface area contributed by atoms with Crippen molar-refractivity contribution in [2.45, 2.75) is 13.0 Å². The summed E-state index contributed by atoms with van der Waals surface area (Å²) in [5.74, 6) is 0. The standard InChI is InChI=1S/C13H17N4O/c1-15-9-10-17(12-15)6-2-5-16-7-3-13(4-8-16)11-14-18/h3-4,7-12H,2,5-6H2,1H3/q+1. The first-order valence-corrected chi connectivity index (χ1v) is 5.94. The number of nitrogens with zero attached hydrogens (tertiary/aromatic N) is 4. The molecule has 1 aromatic rings. The third-order valence-corrected chi connectivity index (χ3v) is 2.78. The van der Waals surface area contributed by atoms with E-state index in [1.165, 1.54) is 6.20 Å². The first kappa shape index (κ1) is 12.3. The molecule has 0 N–H and O–H groups in total. The van der Waals surface area contributed by atoms with E-state index in [0.717, 1.165) is 25.1 Å². The molecule has 1 aliphatic heterocycles. The summed E-state index contributed by atoms with van der Waals surface area (Å²) < 4.78 is 4.20. The van der Waals surface area contributed by atoms with Crippen molar-refractivity contribution in [3.63, 3.8) is 0 Å². The first-order valence-electron chi connectivity index (χ1n) is 5.94. The summed E-state index contributed by atoms with van der Waals surface area (Å²) in [5.41, 5.74) is 0.832. The fourth-order valence-corrected chi connectivity index (χ4v) is 1.83. The largest absolute Gasteiger partial charge is 0.354 e. The van der Waals surface area contributed by atoms with Crippen LogP contribution in [0.1, 0.15) is 6.42 Å². The Kier molecular flexibility index (Phi) is 4.06. The summed E-state index contributed by atoms with van der Waals surface area (Å²) in [5, 5.41) is 2.75. The fraction of sp³-hybridized carbons (Fsp3) is 0.308. The highest BCUT2D eigenvalue weighted by atomic mass is 16.2. The second kappa shape index (κ2) is 5.95. The summed E-state index contributed by atoms with van der Waals surface area (Å²) in [6, 6.07) is 0. The zero-order chi connectivity index (χ0) is 12.8. The molecule has 5 heteroatoms. The van der Waals surface area contributed by atoms with E-state index in [0.29, 0.717) is 0 Å². The molecule has 0 saturated heterocycles. The molecule has 0 fully saturated rings. The van der Waals surface area contributed by atoms with Crippen molar-refractivity contribution in [1.29, 1.82) is 0 Å². The third kappa shape index (κ3) is 3.41. The molecule has 0 saturated carbocycles. The van der Waals surface area contributed by atoms with Crippen LogP contribution in [0.4, 0.5) is 0 Å². The van der Waals surface area contributed by atoms with Crippen LogP contribution in [-0.4, -0.2) is 16.0 Å². The smallest absolute Gasteiger partial charge is 0.243 e. The lowest BCUT2D eigenvalue weighted by Crippen LogP contribution is -2.24. The van der Waals surface area contributed by atoms with Gasteiger partial charge in [-0.2, -0.15) is 0 Å². The highest BCUT2D eigenvalue weighted by Gasteiger charge is 2.03. The van der Waals surface area contributed by atoms with Crippen LogP contribution >= 0.6 is 0 Å². The van der Waals surface area contributed by atoms with Crippen LogP contribution in [0.3, 0.4) is 0 Å². The number of allylic oxidation sites excluding steroid dienone is 3. The van der Waals surface area contributed by atoms with Crippen molar-refractivity contribution in [1.82, 2.24) is 9.47 Å². The van der Waals surface area contributed by atoms with Gasteiger partial charge in [-0.3, -0.25) is 0 Å². The Balaban J connectivity index is 1.76. The molecule has 0 amide bonds. The van der Waals surface area contributed by atoms with E-state index in [4.69, 9.17) is 0 Å². The molecule has 1 aromatic heterocycles. The number of hydrogen-bond acceptors (Lipinski definition) is 3. The molecule has 0 bridgehead atoms. The normalized spacial score (nSPS) is 14.1. The molecule has 18 heavy (non-hydrogen) atoms. The molecule has 0 radical (unpaired) electrons. The number of aryl methyl sites for hydroxylation is 2. The molecule has 0 spiro atoms. The molecule has 1 aliphatic rings. The second-order valence-corrected chi connectivity index (χ2v) is 4.27. The minimum absolute atomic E-state index is 0.832. The Labute approximate surface area is 106 Å². The summed E-state index contributed by atoms with van der Waals surface area (Å²) in [4.78, 5) is 12.2. The van der Waals surface area contributed by atoms with E-state index in [2.05, 4.69) is 27.2 Å². The van der Waals surface area contributed by atoms with E-state index in [-0.39, 0.29) is 0 Å². The molecule has 0 unspecified atom stereocenters. The molecule has 2 rings (SSSR count). The zero-order valence-corrected chi connectivity index (χ0v) is 10.4. The maximum atomic E-state index is 10.1. The Hall–Kier alpha value is -2.17. The number of aromatic nitrogens is 2. The second-order valence-electron chi connectivity index (χ2n) is 4.27. The van der Waals surface area contributed by atoms with Gasteiger partial charge >= 0.3 is 0 Å². The average Bonchev–Trinajstić information content (AvgIpc) is 2.78. The molecular weight excluding hydrogens is 228 g/mol. The maximum absolute atomic E-state index is 10.1. The van der Waals surface area contributed by atoms with Gasteiger partial charge in [0.15, 0.2) is 0 Å². The zero-order valence-electron chi connectivity index (χ0n) is 10.4. The van der Waals surface area contributed by atoms with Crippen LogP contribution in [0.5, 0.6) is 0 Å². The maximum Gasteiger partial charge on any atom is 0.243 e. The number of rotatable bonds is 5. The Morgan fingerprint density at radius 1 is 1.33 bits per heavy atom. The van der Waals surface area contributed by atoms with Crippen LogP contribution in [0.2, 0.25) is 0 Å². The third-order valence-electron chi connectivity index (χ3n) is 2.78. The van der Waals surface area contributed by atoms with Crippen molar-refractivity contribution < 1.29 is 4.57 Å². The highest BCUT2D eigenvalue weighted by Crippen LogP contribution is 2.09. The Morgan fingerprint density at radius 3 is 2.72 bits per heavy atom. The summed E-state index contributed by atoms with van der Waals surface area (Å²) in [7, 11) is 2.02. The van der Waals surface area contributed by atoms with E-state index < -0.39 is 0 Å². The van der Waals surface area contributed by atoms with Gasteiger partial charge in [0.2, 0.25) is 6.33 Å². The van der Waals surface area contributed by atoms with Crippen molar-refractivity contribution in [3.8, 4) is 0 Å². The van der Waals surface area contributed by atoms with Crippen molar-refractivity contribution in [3.05, 3.63) is 60.0 Å². The van der Waals surface area contributed by atoms with Gasteiger partial charge in [0.1, 0.15) is 12.4 Å². The minimum Gasteiger partial charge on any atom is -0.354 e. The topological polar surface area (TPSA) is 41.5 Å². The molecule has 0 atom stereocenters. The van der Waals surface area contributed by atoms with Crippen LogP contribution < -0.4 is 4.57 Å². The summed E-state index contributed by atoms with van der Waals surface area (Å²) in [6.45, 7) is 1.95. The van der Waals surface area contributed by atoms with E-state index in [1.54, 1.807) is 0 Å². The van der Waals surface area contributed by atoms with E-state index >= 15 is 0 Å². The summed E-state index contributed by atoms with van der Waals surface area (Å²) in [6.07, 6.45) is 16.2. The lowest BCUT2D eigenvalue weighted by Gasteiger charge is -2.17. The average molecular weight is 245 g/mol. The SMILES string of the molecule is C[n+]1ccn(CCCN2C=CC(=CN=O)C=C2)c1. The van der Waals surface area contributed by atoms with Gasteiger partial charge in [0, 0.05) is 25.4 Å². The molecular formula is C13H17N4O+. The minimum atomic E-state index is 0.832. The lowest BCUT2D eigenvalue weighted by atomic mass is 10.2. The summed E-state index contributed by atoms with van der Waals surface area (Å²) >= 11 is 0. The van der Waals surface area contributed by atoms with Gasteiger partial charge in [0.25, 0.3) is 0 Å². The van der Waals surface area contributed by atoms with Crippen LogP contribution in [-0.2, 0) is 13.6 Å². The quantitative estimate of drug-likeness (QED) is 0.585. The Bertz CT molecular complexity index is 483. The van der Waals surface area contributed by atoms with Gasteiger partial charge in [0.05, 0.1) is 19.8 Å². The van der Waals surface area contributed by atoms with E-state index in [1.807, 2.05) is 42.4 Å². The van der Waals surface area contributed by atoms with Crippen molar-refractivity contribution in [2.75, 3.05) is 6.54 Å². The molecule has 0 aliphatic carbocycles. The predicted molar refractivity (Wildman–Crippen MR) is 69.1 cm³/mol. The molecule has 2 heterocycles. The van der Waals surface area contributed by atoms with Crippen LogP contribution in [0.15, 0.2) is 60.2 Å². The Morgan fingerprint density at radius 2 is 2.11 bits per heavy atom. The van der Waals surface area contributed by atoms with Crippen molar-refractivity contribution >= 4 is 0 Å². The van der Waals surface area contributed by atoms with Gasteiger partial charge in [-0.05, 0) is 22.9 Å². The number of imidazole rings is 1. The van der Waals surface area contributed by atoms with Gasteiger partial charge in [-0.15, -0.1) is 4.91 Å². The van der Waals surface area contributed by atoms with Gasteiger partial charge < -0.3 is 4.90 Å². The molecule has 0 aromatic carbocycles. The van der Waals surface area contributed by atoms with Crippen LogP contribution in [0, 0.1) is 4.91 Å².